The minimum absolute atomic E-state index is 0.259. The molecular weight excluding hydrogens is 290 g/mol. The molecule has 0 saturated heterocycles. The zero-order chi connectivity index (χ0) is 16.6. The number of carbonyl (C=O) groups excluding carboxylic acids is 1. The number of rotatable bonds is 4. The summed E-state index contributed by atoms with van der Waals surface area (Å²) in [5.74, 6) is 0.246. The first-order chi connectivity index (χ1) is 11.2. The Balaban J connectivity index is 0.000000753. The van der Waals surface area contributed by atoms with Gasteiger partial charge in [0.25, 0.3) is 0 Å². The average molecular weight is 315 g/mol. The number of aromatic nitrogens is 3. The minimum Gasteiger partial charge on any atom is -0.462 e. The Morgan fingerprint density at radius 3 is 2.57 bits per heavy atom. The number of ether oxygens (including phenoxy) is 1. The number of hydrogen-bond donors (Lipinski definition) is 0. The Morgan fingerprint density at radius 1 is 1.30 bits per heavy atom. The highest BCUT2D eigenvalue weighted by atomic mass is 16.5. The van der Waals surface area contributed by atoms with Gasteiger partial charge in [0.15, 0.2) is 5.65 Å². The summed E-state index contributed by atoms with van der Waals surface area (Å²) in [6.07, 6.45) is 4.63. The molecule has 2 aliphatic carbocycles. The second-order valence-electron chi connectivity index (χ2n) is 6.05. The predicted molar refractivity (Wildman–Crippen MR) is 89.8 cm³/mol. The fourth-order valence-corrected chi connectivity index (χ4v) is 2.86. The van der Waals surface area contributed by atoms with Crippen molar-refractivity contribution < 1.29 is 9.53 Å². The molecule has 124 valence electrons. The van der Waals surface area contributed by atoms with Crippen LogP contribution in [-0.4, -0.2) is 27.3 Å². The van der Waals surface area contributed by atoms with Crippen LogP contribution in [0.5, 0.6) is 0 Å². The van der Waals surface area contributed by atoms with Gasteiger partial charge in [-0.25, -0.2) is 14.5 Å². The summed E-state index contributed by atoms with van der Waals surface area (Å²) in [5.41, 5.74) is 3.39. The van der Waals surface area contributed by atoms with Gasteiger partial charge in [-0.2, -0.15) is 5.10 Å². The first-order valence-electron chi connectivity index (χ1n) is 8.76. The van der Waals surface area contributed by atoms with Crippen LogP contribution < -0.4 is 0 Å². The van der Waals surface area contributed by atoms with E-state index < -0.39 is 0 Å². The summed E-state index contributed by atoms with van der Waals surface area (Å²) < 4.78 is 7.24. The molecule has 0 N–H and O–H groups in total. The van der Waals surface area contributed by atoms with Crippen molar-refractivity contribution in [1.82, 2.24) is 14.8 Å². The van der Waals surface area contributed by atoms with Crippen LogP contribution in [0.25, 0.3) is 11.0 Å². The fraction of sp³-hybridized carbons (Fsp3) is 0.611. The fourth-order valence-electron chi connectivity index (χ4n) is 2.86. The van der Waals surface area contributed by atoms with Crippen LogP contribution in [-0.2, 0) is 4.74 Å². The Hall–Kier alpha value is -1.91. The van der Waals surface area contributed by atoms with E-state index in [4.69, 9.17) is 9.72 Å². The molecule has 2 aliphatic rings. The van der Waals surface area contributed by atoms with Crippen molar-refractivity contribution in [3.05, 3.63) is 23.0 Å². The van der Waals surface area contributed by atoms with Gasteiger partial charge in [-0.3, -0.25) is 0 Å². The molecule has 2 heterocycles. The molecule has 2 fully saturated rings. The molecule has 0 amide bonds. The normalized spacial score (nSPS) is 16.9. The number of aryl methyl sites for hydroxylation is 1. The number of carbonyl (C=O) groups is 1. The van der Waals surface area contributed by atoms with E-state index in [1.54, 1.807) is 0 Å². The quantitative estimate of drug-likeness (QED) is 0.795. The van der Waals surface area contributed by atoms with Gasteiger partial charge >= 0.3 is 5.97 Å². The van der Waals surface area contributed by atoms with Gasteiger partial charge < -0.3 is 4.74 Å². The molecule has 5 nitrogen and oxygen atoms in total. The molecule has 23 heavy (non-hydrogen) atoms. The summed E-state index contributed by atoms with van der Waals surface area (Å²) in [6, 6.07) is 2.38. The largest absolute Gasteiger partial charge is 0.462 e. The van der Waals surface area contributed by atoms with Crippen LogP contribution in [0.4, 0.5) is 0 Å². The van der Waals surface area contributed by atoms with E-state index in [2.05, 4.69) is 5.10 Å². The van der Waals surface area contributed by atoms with Crippen LogP contribution in [0.3, 0.4) is 0 Å². The lowest BCUT2D eigenvalue weighted by Crippen LogP contribution is -2.08. The third kappa shape index (κ3) is 2.96. The maximum absolute atomic E-state index is 12.3. The predicted octanol–water partition coefficient (Wildman–Crippen LogP) is 4.15. The van der Waals surface area contributed by atoms with E-state index in [0.29, 0.717) is 24.1 Å². The van der Waals surface area contributed by atoms with Crippen molar-refractivity contribution in [1.29, 1.82) is 0 Å². The zero-order valence-corrected chi connectivity index (χ0v) is 14.4. The van der Waals surface area contributed by atoms with Crippen molar-refractivity contribution in [2.24, 2.45) is 0 Å². The molecule has 2 aromatic heterocycles. The van der Waals surface area contributed by atoms with Crippen LogP contribution in [0.2, 0.25) is 0 Å². The zero-order valence-electron chi connectivity index (χ0n) is 14.4. The van der Waals surface area contributed by atoms with E-state index >= 15 is 0 Å². The highest BCUT2D eigenvalue weighted by Gasteiger charge is 2.32. The molecule has 2 aromatic rings. The maximum Gasteiger partial charge on any atom is 0.339 e. The van der Waals surface area contributed by atoms with Gasteiger partial charge in [0.05, 0.1) is 29.3 Å². The average Bonchev–Trinajstić information content (AvgIpc) is 3.47. The van der Waals surface area contributed by atoms with Crippen LogP contribution in [0, 0.1) is 6.92 Å². The lowest BCUT2D eigenvalue weighted by atomic mass is 10.1. The number of nitrogens with zero attached hydrogens (tertiary/aromatic N) is 3. The number of pyridine rings is 1. The smallest absolute Gasteiger partial charge is 0.339 e. The molecule has 0 unspecified atom stereocenters. The Labute approximate surface area is 137 Å². The van der Waals surface area contributed by atoms with Gasteiger partial charge in [-0.05, 0) is 45.6 Å². The summed E-state index contributed by atoms with van der Waals surface area (Å²) >= 11 is 0. The van der Waals surface area contributed by atoms with Crippen LogP contribution in [0.15, 0.2) is 6.07 Å². The molecule has 0 aromatic carbocycles. The van der Waals surface area contributed by atoms with Crippen molar-refractivity contribution in [2.75, 3.05) is 6.61 Å². The molecule has 0 radical (unpaired) electrons. The molecule has 2 saturated carbocycles. The Morgan fingerprint density at radius 2 is 2.00 bits per heavy atom. The molecule has 5 heteroatoms. The van der Waals surface area contributed by atoms with Gasteiger partial charge in [0.1, 0.15) is 0 Å². The molecule has 0 spiro atoms. The Bertz CT molecular complexity index is 727. The van der Waals surface area contributed by atoms with Crippen LogP contribution in [0.1, 0.15) is 80.2 Å². The summed E-state index contributed by atoms with van der Waals surface area (Å²) in [7, 11) is 0. The van der Waals surface area contributed by atoms with Gasteiger partial charge in [0, 0.05) is 11.6 Å². The van der Waals surface area contributed by atoms with Crippen molar-refractivity contribution in [2.45, 2.75) is 65.3 Å². The first-order valence-corrected chi connectivity index (χ1v) is 8.76. The SMILES string of the molecule is CC.CCOC(=O)c1cc(C2CC2)nc2c1c(C)nn2C1CC1. The highest BCUT2D eigenvalue weighted by molar-refractivity contribution is 6.04. The summed E-state index contributed by atoms with van der Waals surface area (Å²) in [4.78, 5) is 17.1. The number of esters is 1. The number of hydrogen-bond acceptors (Lipinski definition) is 4. The molecule has 4 rings (SSSR count). The second-order valence-corrected chi connectivity index (χ2v) is 6.05. The molecule has 0 atom stereocenters. The van der Waals surface area contributed by atoms with Crippen molar-refractivity contribution in [3.63, 3.8) is 0 Å². The monoisotopic (exact) mass is 315 g/mol. The van der Waals surface area contributed by atoms with Gasteiger partial charge in [-0.15, -0.1) is 0 Å². The standard InChI is InChI=1S/C16H19N3O2.C2H6/c1-3-21-16(20)12-8-13(10-4-5-10)17-15-14(12)9(2)18-19(15)11-6-7-11;1-2/h8,10-11H,3-7H2,1-2H3;1-2H3. The third-order valence-corrected chi connectivity index (χ3v) is 4.24. The number of fused-ring (bicyclic) bond motifs is 1. The van der Waals surface area contributed by atoms with E-state index in [0.717, 1.165) is 48.1 Å². The Kier molecular flexibility index (Phi) is 4.37. The highest BCUT2D eigenvalue weighted by Crippen LogP contribution is 2.42. The van der Waals surface area contributed by atoms with Gasteiger partial charge in [0.2, 0.25) is 0 Å². The van der Waals surface area contributed by atoms with Crippen molar-refractivity contribution >= 4 is 17.0 Å². The van der Waals surface area contributed by atoms with Crippen LogP contribution >= 0.6 is 0 Å². The van der Waals surface area contributed by atoms with E-state index in [9.17, 15) is 4.79 Å². The van der Waals surface area contributed by atoms with Crippen molar-refractivity contribution in [3.8, 4) is 0 Å². The summed E-state index contributed by atoms with van der Waals surface area (Å²) in [5, 5.41) is 5.49. The molecule has 0 bridgehead atoms. The molecule has 0 aliphatic heterocycles. The topological polar surface area (TPSA) is 57.0 Å². The van der Waals surface area contributed by atoms with E-state index in [1.165, 1.54) is 0 Å². The summed E-state index contributed by atoms with van der Waals surface area (Å²) in [6.45, 7) is 8.16. The first kappa shape index (κ1) is 16.0. The second kappa shape index (κ2) is 6.30. The maximum atomic E-state index is 12.3. The van der Waals surface area contributed by atoms with E-state index in [1.807, 2.05) is 38.4 Å². The minimum atomic E-state index is -0.259. The third-order valence-electron chi connectivity index (χ3n) is 4.24. The molecular formula is C18H25N3O2. The lowest BCUT2D eigenvalue weighted by molar-refractivity contribution is 0.0528. The lowest BCUT2D eigenvalue weighted by Gasteiger charge is -2.07. The van der Waals surface area contributed by atoms with Gasteiger partial charge in [-0.1, -0.05) is 13.8 Å². The van der Waals surface area contributed by atoms with E-state index in [-0.39, 0.29) is 5.97 Å².